The lowest BCUT2D eigenvalue weighted by atomic mass is 9.87. The van der Waals surface area contributed by atoms with Gasteiger partial charge in [0.25, 0.3) is 0 Å². The minimum atomic E-state index is 0.144. The van der Waals surface area contributed by atoms with E-state index in [0.717, 1.165) is 11.3 Å². The van der Waals surface area contributed by atoms with Crippen LogP contribution in [0.4, 0.5) is 0 Å². The van der Waals surface area contributed by atoms with E-state index in [1.165, 1.54) is 11.1 Å². The average molecular weight is 292 g/mol. The van der Waals surface area contributed by atoms with E-state index < -0.39 is 0 Å². The number of benzene rings is 2. The van der Waals surface area contributed by atoms with Crippen LogP contribution in [0.15, 0.2) is 48.5 Å². The molecule has 3 rings (SSSR count). The van der Waals surface area contributed by atoms with Gasteiger partial charge in [0.15, 0.2) is 0 Å². The highest BCUT2D eigenvalue weighted by molar-refractivity contribution is 5.55. The molecule has 0 amide bonds. The number of aryl methyl sites for hydroxylation is 1. The molecule has 0 aliphatic rings. The molecule has 22 heavy (non-hydrogen) atoms. The minimum absolute atomic E-state index is 0.144. The van der Waals surface area contributed by atoms with Gasteiger partial charge in [0.05, 0.1) is 5.69 Å². The molecule has 0 aliphatic carbocycles. The van der Waals surface area contributed by atoms with Gasteiger partial charge in [-0.15, -0.1) is 15.0 Å². The molecule has 0 N–H and O–H groups in total. The van der Waals surface area contributed by atoms with E-state index in [1.807, 2.05) is 31.2 Å². The first-order valence-electron chi connectivity index (χ1n) is 7.41. The van der Waals surface area contributed by atoms with Crippen LogP contribution in [0.5, 0.6) is 0 Å². The predicted octanol–water partition coefficient (Wildman–Crippen LogP) is 3.94. The number of nitrogens with zero attached hydrogens (tertiary/aromatic N) is 4. The molecule has 0 unspecified atom stereocenters. The van der Waals surface area contributed by atoms with Crippen molar-refractivity contribution in [2.75, 3.05) is 0 Å². The number of aromatic nitrogens is 4. The van der Waals surface area contributed by atoms with Crippen LogP contribution in [0.25, 0.3) is 17.1 Å². The molecular weight excluding hydrogens is 272 g/mol. The highest BCUT2D eigenvalue weighted by Gasteiger charge is 2.14. The SMILES string of the molecule is Cc1cccc(-n2nnc(-c3ccc(C(C)(C)C)cc3)n2)c1. The first kappa shape index (κ1) is 14.4. The van der Waals surface area contributed by atoms with Crippen LogP contribution in [-0.4, -0.2) is 20.2 Å². The summed E-state index contributed by atoms with van der Waals surface area (Å²) in [4.78, 5) is 1.57. The van der Waals surface area contributed by atoms with E-state index >= 15 is 0 Å². The summed E-state index contributed by atoms with van der Waals surface area (Å²) in [6.45, 7) is 8.66. The fraction of sp³-hybridized carbons (Fsp3) is 0.278. The highest BCUT2D eigenvalue weighted by atomic mass is 15.6. The Hall–Kier alpha value is -2.49. The molecular formula is C18H20N4. The molecule has 1 aromatic heterocycles. The zero-order chi connectivity index (χ0) is 15.7. The van der Waals surface area contributed by atoms with E-state index in [4.69, 9.17) is 0 Å². The Morgan fingerprint density at radius 1 is 0.955 bits per heavy atom. The third kappa shape index (κ3) is 2.91. The second-order valence-corrected chi connectivity index (χ2v) is 6.57. The van der Waals surface area contributed by atoms with Gasteiger partial charge in [0, 0.05) is 5.56 Å². The quantitative estimate of drug-likeness (QED) is 0.718. The molecule has 3 aromatic rings. The molecule has 2 aromatic carbocycles. The van der Waals surface area contributed by atoms with Gasteiger partial charge in [-0.2, -0.15) is 0 Å². The zero-order valence-corrected chi connectivity index (χ0v) is 13.4. The second-order valence-electron chi connectivity index (χ2n) is 6.57. The maximum absolute atomic E-state index is 4.48. The van der Waals surface area contributed by atoms with Gasteiger partial charge in [0.1, 0.15) is 0 Å². The van der Waals surface area contributed by atoms with Crippen LogP contribution < -0.4 is 0 Å². The van der Waals surface area contributed by atoms with E-state index in [-0.39, 0.29) is 5.41 Å². The molecule has 0 saturated carbocycles. The van der Waals surface area contributed by atoms with Crippen LogP contribution in [0.1, 0.15) is 31.9 Å². The summed E-state index contributed by atoms with van der Waals surface area (Å²) in [7, 11) is 0. The fourth-order valence-corrected chi connectivity index (χ4v) is 2.31. The molecule has 112 valence electrons. The average Bonchev–Trinajstić information content (AvgIpc) is 2.96. The van der Waals surface area contributed by atoms with E-state index in [9.17, 15) is 0 Å². The van der Waals surface area contributed by atoms with Gasteiger partial charge >= 0.3 is 0 Å². The van der Waals surface area contributed by atoms with Gasteiger partial charge in [-0.05, 0) is 40.8 Å². The Kier molecular flexibility index (Phi) is 3.53. The third-order valence-corrected chi connectivity index (χ3v) is 3.66. The maximum atomic E-state index is 4.48. The third-order valence-electron chi connectivity index (χ3n) is 3.66. The number of tetrazole rings is 1. The molecule has 1 heterocycles. The Bertz CT molecular complexity index is 779. The normalized spacial score (nSPS) is 11.6. The lowest BCUT2D eigenvalue weighted by molar-refractivity contribution is 0.590. The predicted molar refractivity (Wildman–Crippen MR) is 88.0 cm³/mol. The summed E-state index contributed by atoms with van der Waals surface area (Å²) in [6, 6.07) is 16.4. The van der Waals surface area contributed by atoms with E-state index in [1.54, 1.807) is 4.80 Å². The molecule has 4 heteroatoms. The van der Waals surface area contributed by atoms with Crippen molar-refractivity contribution in [2.24, 2.45) is 0 Å². The fourth-order valence-electron chi connectivity index (χ4n) is 2.31. The van der Waals surface area contributed by atoms with Gasteiger partial charge in [-0.25, -0.2) is 0 Å². The molecule has 0 fully saturated rings. The Morgan fingerprint density at radius 3 is 2.32 bits per heavy atom. The lowest BCUT2D eigenvalue weighted by Gasteiger charge is -2.18. The topological polar surface area (TPSA) is 43.6 Å². The molecule has 0 aliphatic heterocycles. The minimum Gasteiger partial charge on any atom is -0.130 e. The van der Waals surface area contributed by atoms with Gasteiger partial charge in [-0.3, -0.25) is 0 Å². The summed E-state index contributed by atoms with van der Waals surface area (Å²) in [5, 5.41) is 12.8. The second kappa shape index (κ2) is 5.37. The lowest BCUT2D eigenvalue weighted by Crippen LogP contribution is -2.10. The number of rotatable bonds is 2. The van der Waals surface area contributed by atoms with Crippen LogP contribution in [-0.2, 0) is 5.41 Å². The maximum Gasteiger partial charge on any atom is 0.205 e. The van der Waals surface area contributed by atoms with Gasteiger partial charge in [0.2, 0.25) is 5.82 Å². The van der Waals surface area contributed by atoms with Crippen LogP contribution >= 0.6 is 0 Å². The van der Waals surface area contributed by atoms with Gasteiger partial charge in [-0.1, -0.05) is 57.2 Å². The molecule has 4 nitrogen and oxygen atoms in total. The monoisotopic (exact) mass is 292 g/mol. The van der Waals surface area contributed by atoms with E-state index in [2.05, 4.69) is 60.4 Å². The summed E-state index contributed by atoms with van der Waals surface area (Å²) < 4.78 is 0. The van der Waals surface area contributed by atoms with Crippen molar-refractivity contribution in [3.63, 3.8) is 0 Å². The van der Waals surface area contributed by atoms with Crippen molar-refractivity contribution in [1.29, 1.82) is 0 Å². The summed E-state index contributed by atoms with van der Waals surface area (Å²) in [5.74, 6) is 0.641. The molecule has 0 atom stereocenters. The first-order valence-corrected chi connectivity index (χ1v) is 7.41. The highest BCUT2D eigenvalue weighted by Crippen LogP contribution is 2.24. The smallest absolute Gasteiger partial charge is 0.130 e. The summed E-state index contributed by atoms with van der Waals surface area (Å²) in [6.07, 6.45) is 0. The van der Waals surface area contributed by atoms with Crippen molar-refractivity contribution in [1.82, 2.24) is 20.2 Å². The molecule has 0 saturated heterocycles. The van der Waals surface area contributed by atoms with Crippen LogP contribution in [0.2, 0.25) is 0 Å². The standard InChI is InChI=1S/C18H20N4/c1-13-6-5-7-16(12-13)22-20-17(19-21-22)14-8-10-15(11-9-14)18(2,3)4/h5-12H,1-4H3. The first-order chi connectivity index (χ1) is 10.4. The number of hydrogen-bond acceptors (Lipinski definition) is 3. The van der Waals surface area contributed by atoms with Crippen molar-refractivity contribution >= 4 is 0 Å². The summed E-state index contributed by atoms with van der Waals surface area (Å²) >= 11 is 0. The number of hydrogen-bond donors (Lipinski definition) is 0. The van der Waals surface area contributed by atoms with Crippen molar-refractivity contribution < 1.29 is 0 Å². The van der Waals surface area contributed by atoms with Crippen LogP contribution in [0.3, 0.4) is 0 Å². The van der Waals surface area contributed by atoms with Crippen molar-refractivity contribution in [3.8, 4) is 17.1 Å². The van der Waals surface area contributed by atoms with Crippen LogP contribution in [0, 0.1) is 6.92 Å². The Balaban J connectivity index is 1.91. The van der Waals surface area contributed by atoms with E-state index in [0.29, 0.717) is 5.82 Å². The molecule has 0 spiro atoms. The molecule has 0 radical (unpaired) electrons. The van der Waals surface area contributed by atoms with Crippen molar-refractivity contribution in [2.45, 2.75) is 33.1 Å². The van der Waals surface area contributed by atoms with Crippen molar-refractivity contribution in [3.05, 3.63) is 59.7 Å². The Morgan fingerprint density at radius 2 is 1.68 bits per heavy atom. The van der Waals surface area contributed by atoms with Gasteiger partial charge < -0.3 is 0 Å². The molecule has 0 bridgehead atoms. The summed E-state index contributed by atoms with van der Waals surface area (Å²) in [5.41, 5.74) is 4.51. The largest absolute Gasteiger partial charge is 0.205 e. The zero-order valence-electron chi connectivity index (χ0n) is 13.4. The Labute approximate surface area is 130 Å².